The van der Waals surface area contributed by atoms with Gasteiger partial charge in [-0.3, -0.25) is 4.79 Å². The Morgan fingerprint density at radius 2 is 1.55 bits per heavy atom. The number of carbonyl (C=O) groups excluding carboxylic acids is 2. The maximum atomic E-state index is 14.5. The van der Waals surface area contributed by atoms with E-state index in [4.69, 9.17) is 18.6 Å². The third-order valence-electron chi connectivity index (χ3n) is 12.2. The smallest absolute Gasteiger partial charge is 0.339 e. The van der Waals surface area contributed by atoms with Gasteiger partial charge in [0.25, 0.3) is 0 Å². The SMILES string of the molecule is CCNCC[C@@H](C)c1cc2ccc3c(c2oc1=O)[C@@H]1OC(=O)C[C@@H](CCc2cccc(Cc4ccccc4)c2)Cc2ccc(cc2)CCC(=C(C)C)C(=O)O[C@@H]1C(C)(C)O3. The lowest BCUT2D eigenvalue weighted by Crippen LogP contribution is -2.52. The highest BCUT2D eigenvalue weighted by molar-refractivity contribution is 5.90. The number of nitrogens with one attached hydrogen (secondary N) is 1. The van der Waals surface area contributed by atoms with Gasteiger partial charge in [0, 0.05) is 22.9 Å². The van der Waals surface area contributed by atoms with Crippen LogP contribution in [0.2, 0.25) is 0 Å². The maximum Gasteiger partial charge on any atom is 0.339 e. The van der Waals surface area contributed by atoms with E-state index >= 15 is 0 Å². The Kier molecular flexibility index (Phi) is 13.4. The van der Waals surface area contributed by atoms with Crippen molar-refractivity contribution in [3.05, 3.63) is 158 Å². The van der Waals surface area contributed by atoms with Gasteiger partial charge in [-0.25, -0.2) is 9.59 Å². The lowest BCUT2D eigenvalue weighted by Gasteiger charge is -2.43. The highest BCUT2D eigenvalue weighted by atomic mass is 16.6. The minimum atomic E-state index is -1.11. The largest absolute Gasteiger partial charge is 0.483 e. The van der Waals surface area contributed by atoms with Crippen molar-refractivity contribution < 1.29 is 28.2 Å². The van der Waals surface area contributed by atoms with Crippen molar-refractivity contribution in [3.8, 4) is 5.75 Å². The van der Waals surface area contributed by atoms with Crippen LogP contribution in [0.25, 0.3) is 11.0 Å². The average molecular weight is 810 g/mol. The standard InChI is InChI=1S/C52H59NO7/c1-7-53-27-26-34(4)43-32-41-23-25-44-46(47(41)58-51(43)56)48-49(52(5,6)60-44)59-50(55)42(33(2)3)24-22-35-16-18-38(19-17-35)30-40(31-45(54)57-48)21-20-37-14-11-15-39(29-37)28-36-12-9-8-10-13-36/h8-19,23,25,29,32,34,40,48-49,53H,7,20-22,24,26-28,30-31H2,1-6H3/t34-,40+,48+,49+/m1/s1. The first kappa shape index (κ1) is 42.6. The lowest BCUT2D eigenvalue weighted by atomic mass is 9.86. The summed E-state index contributed by atoms with van der Waals surface area (Å²) in [7, 11) is 0. The Hall–Kier alpha value is -5.47. The van der Waals surface area contributed by atoms with Gasteiger partial charge in [-0.15, -0.1) is 0 Å². The summed E-state index contributed by atoms with van der Waals surface area (Å²) in [4.78, 5) is 42.4. The first-order valence-electron chi connectivity index (χ1n) is 21.6. The van der Waals surface area contributed by atoms with E-state index < -0.39 is 35.4 Å². The van der Waals surface area contributed by atoms with Crippen LogP contribution < -0.4 is 15.7 Å². The van der Waals surface area contributed by atoms with Gasteiger partial charge in [-0.05, 0) is 144 Å². The molecule has 8 heteroatoms. The van der Waals surface area contributed by atoms with E-state index in [1.165, 1.54) is 16.7 Å². The summed E-state index contributed by atoms with van der Waals surface area (Å²) in [6.45, 7) is 13.2. The van der Waals surface area contributed by atoms with Gasteiger partial charge >= 0.3 is 17.6 Å². The molecule has 1 aromatic heterocycles. The van der Waals surface area contributed by atoms with Gasteiger partial charge in [0.2, 0.25) is 0 Å². The minimum Gasteiger partial charge on any atom is -0.483 e. The molecule has 0 aliphatic carbocycles. The van der Waals surface area contributed by atoms with Gasteiger partial charge in [0.05, 0.1) is 5.56 Å². The van der Waals surface area contributed by atoms with Crippen LogP contribution in [0.4, 0.5) is 0 Å². The Labute approximate surface area is 354 Å². The molecule has 8 nitrogen and oxygen atoms in total. The second kappa shape index (κ2) is 18.8. The first-order chi connectivity index (χ1) is 28.9. The van der Waals surface area contributed by atoms with Crippen molar-refractivity contribution >= 4 is 22.9 Å². The second-order valence-electron chi connectivity index (χ2n) is 17.5. The predicted octanol–water partition coefficient (Wildman–Crippen LogP) is 10.3. The molecular formula is C52H59NO7. The number of benzene rings is 4. The first-order valence-corrected chi connectivity index (χ1v) is 21.6. The van der Waals surface area contributed by atoms with E-state index in [0.29, 0.717) is 47.1 Å². The summed E-state index contributed by atoms with van der Waals surface area (Å²) in [5.74, 6) is -0.595. The molecule has 0 saturated heterocycles. The van der Waals surface area contributed by atoms with Crippen molar-refractivity contribution in [3.63, 3.8) is 0 Å². The highest BCUT2D eigenvalue weighted by Crippen LogP contribution is 2.47. The lowest BCUT2D eigenvalue weighted by molar-refractivity contribution is -0.188. The molecule has 0 unspecified atom stereocenters. The molecular weight excluding hydrogens is 751 g/mol. The Balaban J connectivity index is 1.25. The molecule has 0 fully saturated rings. The van der Waals surface area contributed by atoms with Gasteiger partial charge in [0.1, 0.15) is 16.9 Å². The van der Waals surface area contributed by atoms with Crippen molar-refractivity contribution in [1.29, 1.82) is 0 Å². The monoisotopic (exact) mass is 809 g/mol. The van der Waals surface area contributed by atoms with Gasteiger partial charge in [0.15, 0.2) is 12.2 Å². The highest BCUT2D eigenvalue weighted by Gasteiger charge is 2.50. The summed E-state index contributed by atoms with van der Waals surface area (Å²) in [5, 5.41) is 4.01. The number of hydrogen-bond donors (Lipinski definition) is 1. The molecule has 0 amide bonds. The molecule has 4 aromatic carbocycles. The van der Waals surface area contributed by atoms with Crippen LogP contribution in [-0.4, -0.2) is 36.7 Å². The molecule has 314 valence electrons. The summed E-state index contributed by atoms with van der Waals surface area (Å²) in [6, 6.07) is 33.2. The third-order valence-corrected chi connectivity index (χ3v) is 12.2. The Morgan fingerprint density at radius 3 is 2.30 bits per heavy atom. The summed E-state index contributed by atoms with van der Waals surface area (Å²) >= 11 is 0. The zero-order valence-electron chi connectivity index (χ0n) is 36.0. The fourth-order valence-corrected chi connectivity index (χ4v) is 8.73. The number of ether oxygens (including phenoxy) is 3. The molecule has 0 saturated carbocycles. The van der Waals surface area contributed by atoms with Crippen LogP contribution >= 0.6 is 0 Å². The molecule has 8 rings (SSSR count). The molecule has 5 aromatic rings. The fraction of sp³-hybridized carbons (Fsp3) is 0.404. The van der Waals surface area contributed by atoms with Crippen molar-refractivity contribution in [2.45, 2.75) is 117 Å². The van der Waals surface area contributed by atoms with Crippen LogP contribution in [0.1, 0.15) is 118 Å². The molecule has 3 aliphatic rings. The van der Waals surface area contributed by atoms with Gasteiger partial charge in [-0.1, -0.05) is 98.3 Å². The molecule has 4 heterocycles. The maximum absolute atomic E-state index is 14.5. The molecule has 2 bridgehead atoms. The number of aryl methyl sites for hydroxylation is 2. The molecule has 1 N–H and O–H groups in total. The van der Waals surface area contributed by atoms with Crippen LogP contribution in [0.5, 0.6) is 5.75 Å². The Morgan fingerprint density at radius 1 is 0.817 bits per heavy atom. The summed E-state index contributed by atoms with van der Waals surface area (Å²) in [6.07, 6.45) is 2.99. The van der Waals surface area contributed by atoms with Gasteiger partial charge in [-0.2, -0.15) is 0 Å². The van der Waals surface area contributed by atoms with Crippen LogP contribution in [-0.2, 0) is 44.7 Å². The summed E-state index contributed by atoms with van der Waals surface area (Å²) < 4.78 is 25.8. The normalized spacial score (nSPS) is 19.8. The number of hydrogen-bond acceptors (Lipinski definition) is 8. The Bertz CT molecular complexity index is 2390. The number of esters is 2. The average Bonchev–Trinajstić information content (AvgIpc) is 3.21. The van der Waals surface area contributed by atoms with E-state index in [2.05, 4.69) is 85.0 Å². The van der Waals surface area contributed by atoms with E-state index in [-0.39, 0.29) is 23.8 Å². The van der Waals surface area contributed by atoms with Crippen LogP contribution in [0, 0.1) is 5.92 Å². The predicted molar refractivity (Wildman–Crippen MR) is 236 cm³/mol. The van der Waals surface area contributed by atoms with Crippen molar-refractivity contribution in [2.75, 3.05) is 13.1 Å². The molecule has 4 atom stereocenters. The zero-order valence-corrected chi connectivity index (χ0v) is 36.0. The molecule has 0 spiro atoms. The van der Waals surface area contributed by atoms with E-state index in [9.17, 15) is 14.4 Å². The quantitative estimate of drug-likeness (QED) is 0.0644. The minimum absolute atomic E-state index is 0.0451. The van der Waals surface area contributed by atoms with Gasteiger partial charge < -0.3 is 23.9 Å². The molecule has 60 heavy (non-hydrogen) atoms. The molecule has 3 aliphatic heterocycles. The number of carbonyl (C=O) groups is 2. The van der Waals surface area contributed by atoms with Crippen LogP contribution in [0.3, 0.4) is 0 Å². The number of allylic oxidation sites excluding steroid dienone is 1. The van der Waals surface area contributed by atoms with Crippen LogP contribution in [0.15, 0.2) is 117 Å². The zero-order chi connectivity index (χ0) is 42.4. The fourth-order valence-electron chi connectivity index (χ4n) is 8.73. The van der Waals surface area contributed by atoms with E-state index in [0.717, 1.165) is 55.5 Å². The summed E-state index contributed by atoms with van der Waals surface area (Å²) in [5.41, 5.74) is 7.06. The number of rotatable bonds is 10. The van der Waals surface area contributed by atoms with E-state index in [1.54, 1.807) is 0 Å². The van der Waals surface area contributed by atoms with E-state index in [1.807, 2.05) is 58.9 Å². The van der Waals surface area contributed by atoms with Crippen molar-refractivity contribution in [1.82, 2.24) is 5.32 Å². The topological polar surface area (TPSA) is 104 Å². The number of fused-ring (bicyclic) bond motifs is 13. The second-order valence-corrected chi connectivity index (χ2v) is 17.5. The third kappa shape index (κ3) is 10.1. The molecule has 0 radical (unpaired) electrons. The van der Waals surface area contributed by atoms with Crippen molar-refractivity contribution in [2.24, 2.45) is 5.92 Å².